The molecule has 2 atom stereocenters. The van der Waals surface area contributed by atoms with Crippen molar-refractivity contribution >= 4 is 45.7 Å². The molecule has 46 heavy (non-hydrogen) atoms. The number of nitrogens with one attached hydrogen (secondary N) is 3. The number of rotatable bonds is 14. The highest BCUT2D eigenvalue weighted by Crippen LogP contribution is 2.37. The van der Waals surface area contributed by atoms with Crippen molar-refractivity contribution in [1.29, 1.82) is 0 Å². The van der Waals surface area contributed by atoms with Crippen molar-refractivity contribution in [2.75, 3.05) is 27.4 Å². The maximum absolute atomic E-state index is 12.5. The summed E-state index contributed by atoms with van der Waals surface area (Å²) in [4.78, 5) is 24.6. The minimum Gasteiger partial charge on any atom is -0.493 e. The maximum atomic E-state index is 12.5. The van der Waals surface area contributed by atoms with E-state index in [-0.39, 0.29) is 12.2 Å². The molecule has 4 N–H and O–H groups in total. The predicted octanol–water partition coefficient (Wildman–Crippen LogP) is 5.21. The second-order valence-corrected chi connectivity index (χ2v) is 11.2. The lowest BCUT2D eigenvalue weighted by molar-refractivity contribution is -0.136. The van der Waals surface area contributed by atoms with Crippen LogP contribution in [0.5, 0.6) is 23.0 Å². The van der Waals surface area contributed by atoms with Crippen molar-refractivity contribution < 1.29 is 38.4 Å². The number of amides is 2. The van der Waals surface area contributed by atoms with Gasteiger partial charge in [0.25, 0.3) is 0 Å². The number of carbonyl (C=O) groups excluding carboxylic acids is 2. The van der Waals surface area contributed by atoms with Crippen molar-refractivity contribution in [2.24, 2.45) is 5.10 Å². The van der Waals surface area contributed by atoms with Crippen LogP contribution in [0, 0.1) is 0 Å². The Bertz CT molecular complexity index is 1620. The van der Waals surface area contributed by atoms with Gasteiger partial charge in [-0.1, -0.05) is 45.7 Å². The second-order valence-electron chi connectivity index (χ2n) is 9.86. The van der Waals surface area contributed by atoms with Gasteiger partial charge in [-0.2, -0.15) is 5.10 Å². The lowest BCUT2D eigenvalue weighted by Crippen LogP contribution is -2.45. The zero-order valence-corrected chi connectivity index (χ0v) is 27.9. The largest absolute Gasteiger partial charge is 0.493 e. The number of aliphatic hydroxyl groups excluding tert-OH is 1. The molecule has 0 fully saturated rings. The van der Waals surface area contributed by atoms with Crippen molar-refractivity contribution in [3.05, 3.63) is 92.1 Å². The van der Waals surface area contributed by atoms with Crippen LogP contribution >= 0.6 is 27.5 Å². The minimum absolute atomic E-state index is 0.180. The number of carbonyl (C=O) groups is 2. The molecule has 1 heterocycles. The molecule has 244 valence electrons. The highest BCUT2D eigenvalue weighted by atomic mass is 79.9. The maximum Gasteiger partial charge on any atom is 0.337 e. The fourth-order valence-corrected chi connectivity index (χ4v) is 5.05. The van der Waals surface area contributed by atoms with Crippen LogP contribution in [0.15, 0.2) is 75.4 Å². The topological polar surface area (TPSA) is 149 Å². The summed E-state index contributed by atoms with van der Waals surface area (Å²) >= 11 is 9.90. The van der Waals surface area contributed by atoms with E-state index in [4.69, 9.17) is 35.3 Å². The molecular weight excluding hydrogens is 684 g/mol. The second kappa shape index (κ2) is 16.2. The fourth-order valence-electron chi connectivity index (χ4n) is 4.51. The van der Waals surface area contributed by atoms with Crippen molar-refractivity contribution in [3.63, 3.8) is 0 Å². The molecule has 0 radical (unpaired) electrons. The number of ether oxygens (including phenoxy) is 5. The third-order valence-electron chi connectivity index (χ3n) is 6.66. The zero-order chi connectivity index (χ0) is 33.2. The molecule has 3 aromatic carbocycles. The van der Waals surface area contributed by atoms with Crippen LogP contribution in [0.4, 0.5) is 4.79 Å². The Morgan fingerprint density at radius 2 is 1.85 bits per heavy atom. The number of allylic oxidation sites excluding steroid dienone is 1. The Hall–Kier alpha value is -4.46. The first kappa shape index (κ1) is 34.4. The quantitative estimate of drug-likeness (QED) is 0.0764. The SMILES string of the molecule is CCOc1cc([C@@H]2NC(=O)NC(C)=C2C(=O)OC)ccc1OC[C@H](O)N/N=C\c1cc(Cl)c(OCc2ccc(Br)cc2)c(OC)c1. The number of hydrogen-bond donors (Lipinski definition) is 4. The summed E-state index contributed by atoms with van der Waals surface area (Å²) in [6, 6.07) is 14.9. The number of hydrogen-bond acceptors (Lipinski definition) is 10. The van der Waals surface area contributed by atoms with Gasteiger partial charge in [0, 0.05) is 10.2 Å². The van der Waals surface area contributed by atoms with E-state index in [9.17, 15) is 14.7 Å². The van der Waals surface area contributed by atoms with E-state index in [0.717, 1.165) is 10.0 Å². The molecule has 0 spiro atoms. The fraction of sp³-hybridized carbons (Fsp3) is 0.281. The van der Waals surface area contributed by atoms with Crippen LogP contribution in [0.25, 0.3) is 0 Å². The smallest absolute Gasteiger partial charge is 0.337 e. The minimum atomic E-state index is -1.18. The number of aliphatic hydroxyl groups is 1. The summed E-state index contributed by atoms with van der Waals surface area (Å²) in [6.45, 7) is 3.87. The summed E-state index contributed by atoms with van der Waals surface area (Å²) in [5.41, 5.74) is 5.39. The number of halogens is 2. The van der Waals surface area contributed by atoms with Crippen molar-refractivity contribution in [1.82, 2.24) is 16.1 Å². The van der Waals surface area contributed by atoms with Gasteiger partial charge >= 0.3 is 12.0 Å². The van der Waals surface area contributed by atoms with E-state index in [1.165, 1.54) is 20.4 Å². The lowest BCUT2D eigenvalue weighted by Gasteiger charge is -2.28. The van der Waals surface area contributed by atoms with Crippen molar-refractivity contribution in [3.8, 4) is 23.0 Å². The first-order valence-corrected chi connectivity index (χ1v) is 15.3. The molecular formula is C32H34BrClN4O8. The first-order chi connectivity index (χ1) is 22.1. The standard InChI is InChI=1S/C32H34BrClN4O8/c1-5-44-25-14-21(29-28(31(40)43-4)18(2)36-32(41)37-29)8-11-24(25)45-17-27(39)38-35-15-20-12-23(34)30(26(13-20)42-3)46-16-19-6-9-22(33)10-7-19/h6-15,27,29,38-39H,5,16-17H2,1-4H3,(H2,36,37,41)/b35-15-/t27-,29-/m0/s1. The van der Waals surface area contributed by atoms with Gasteiger partial charge in [-0.3, -0.25) is 5.43 Å². The molecule has 14 heteroatoms. The van der Waals surface area contributed by atoms with E-state index in [1.54, 1.807) is 44.2 Å². The Morgan fingerprint density at radius 1 is 1.09 bits per heavy atom. The van der Waals surface area contributed by atoms with Crippen LogP contribution in [0.2, 0.25) is 5.02 Å². The van der Waals surface area contributed by atoms with Gasteiger partial charge in [0.15, 0.2) is 29.2 Å². The Labute approximate surface area is 279 Å². The summed E-state index contributed by atoms with van der Waals surface area (Å²) < 4.78 is 28.8. The van der Waals surface area contributed by atoms with Gasteiger partial charge in [-0.25, -0.2) is 9.59 Å². The molecule has 0 bridgehead atoms. The molecule has 3 aromatic rings. The van der Waals surface area contributed by atoms with Gasteiger partial charge in [0.05, 0.1) is 43.7 Å². The lowest BCUT2D eigenvalue weighted by atomic mass is 9.95. The van der Waals surface area contributed by atoms with Gasteiger partial charge in [-0.05, 0) is 66.9 Å². The highest BCUT2D eigenvalue weighted by Gasteiger charge is 2.32. The monoisotopic (exact) mass is 716 g/mol. The number of benzene rings is 3. The number of urea groups is 1. The Balaban J connectivity index is 1.38. The summed E-state index contributed by atoms with van der Waals surface area (Å²) in [5, 5.41) is 20.2. The third kappa shape index (κ3) is 8.83. The van der Waals surface area contributed by atoms with E-state index >= 15 is 0 Å². The number of esters is 1. The highest BCUT2D eigenvalue weighted by molar-refractivity contribution is 9.10. The van der Waals surface area contributed by atoms with E-state index in [0.29, 0.717) is 58.1 Å². The summed E-state index contributed by atoms with van der Waals surface area (Å²) in [7, 11) is 2.78. The van der Waals surface area contributed by atoms with Crippen molar-refractivity contribution in [2.45, 2.75) is 32.7 Å². The van der Waals surface area contributed by atoms with E-state index in [1.807, 2.05) is 24.3 Å². The van der Waals surface area contributed by atoms with Crippen LogP contribution < -0.4 is 35.0 Å². The molecule has 0 aromatic heterocycles. The van der Waals surface area contributed by atoms with E-state index in [2.05, 4.69) is 37.1 Å². The number of nitrogens with zero attached hydrogens (tertiary/aromatic N) is 1. The van der Waals surface area contributed by atoms with E-state index < -0.39 is 24.3 Å². The molecule has 1 aliphatic heterocycles. The van der Waals surface area contributed by atoms with Gasteiger partial charge < -0.3 is 39.4 Å². The normalized spacial score (nSPS) is 15.1. The first-order valence-electron chi connectivity index (χ1n) is 14.1. The Morgan fingerprint density at radius 3 is 2.54 bits per heavy atom. The van der Waals surface area contributed by atoms with Gasteiger partial charge in [0.1, 0.15) is 13.2 Å². The molecule has 0 aliphatic carbocycles. The predicted molar refractivity (Wildman–Crippen MR) is 175 cm³/mol. The van der Waals surface area contributed by atoms with Crippen LogP contribution in [-0.4, -0.2) is 57.0 Å². The Kier molecular flexibility index (Phi) is 12.1. The van der Waals surface area contributed by atoms with Gasteiger partial charge in [-0.15, -0.1) is 0 Å². The average Bonchev–Trinajstić information content (AvgIpc) is 3.03. The molecule has 0 saturated carbocycles. The molecule has 4 rings (SSSR count). The summed E-state index contributed by atoms with van der Waals surface area (Å²) in [5.74, 6) is 0.942. The molecule has 1 aliphatic rings. The van der Waals surface area contributed by atoms with Crippen LogP contribution in [-0.2, 0) is 16.1 Å². The van der Waals surface area contributed by atoms with Crippen LogP contribution in [0.3, 0.4) is 0 Å². The number of hydrazone groups is 1. The summed E-state index contributed by atoms with van der Waals surface area (Å²) in [6.07, 6.45) is 0.287. The van der Waals surface area contributed by atoms with Crippen LogP contribution in [0.1, 0.15) is 36.6 Å². The molecule has 12 nitrogen and oxygen atoms in total. The average molecular weight is 718 g/mol. The number of methoxy groups -OCH3 is 2. The molecule has 0 saturated heterocycles. The zero-order valence-electron chi connectivity index (χ0n) is 25.6. The third-order valence-corrected chi connectivity index (χ3v) is 7.47. The molecule has 2 amide bonds. The molecule has 0 unspecified atom stereocenters. The van der Waals surface area contributed by atoms with Gasteiger partial charge in [0.2, 0.25) is 0 Å².